The molecule has 3 aliphatic rings. The van der Waals surface area contributed by atoms with Crippen molar-refractivity contribution in [1.82, 2.24) is 5.16 Å². The molecule has 33 heavy (non-hydrogen) atoms. The second kappa shape index (κ2) is 7.15. The van der Waals surface area contributed by atoms with E-state index in [1.165, 1.54) is 26.4 Å². The lowest BCUT2D eigenvalue weighted by atomic mass is 9.79. The first kappa shape index (κ1) is 14.8. The van der Waals surface area contributed by atoms with Gasteiger partial charge in [-0.15, -0.1) is 0 Å². The number of anilines is 2. The molecule has 1 saturated heterocycles. The molecule has 9 heteroatoms. The van der Waals surface area contributed by atoms with Crippen molar-refractivity contribution in [2.45, 2.75) is 35.9 Å². The molecule has 1 spiro atoms. The minimum absolute atomic E-state index is 0.00577. The molecule has 172 valence electrons. The maximum Gasteiger partial charge on any atom is 0.270 e. The summed E-state index contributed by atoms with van der Waals surface area (Å²) >= 11 is 0. The van der Waals surface area contributed by atoms with Gasteiger partial charge in [-0.1, -0.05) is 17.3 Å². The monoisotopic (exact) mass is 473 g/mol. The molecule has 0 amide bonds. The largest absolute Gasteiger partial charge is 0.495 e. The molecule has 2 fully saturated rings. The second-order valence-corrected chi connectivity index (χ2v) is 9.93. The lowest BCUT2D eigenvalue weighted by Crippen LogP contribution is -2.37. The topological polar surface area (TPSA) is 93.9 Å². The van der Waals surface area contributed by atoms with Gasteiger partial charge in [-0.25, -0.2) is 8.42 Å². The SMILES string of the molecule is [2H]C1([2H])N(c2ccc3c(c2)-c2onc(NS(=O)(=O)c4c(OC)cccc4OC)c2CC32CC2)C([2H])([2H])C1([2H])[2H]. The van der Waals surface area contributed by atoms with Crippen LogP contribution in [0.25, 0.3) is 11.3 Å². The zero-order valence-electron chi connectivity index (χ0n) is 23.9. The molecule has 0 radical (unpaired) electrons. The number of fused-ring (bicyclic) bond motifs is 4. The number of hydrogen-bond donors (Lipinski definition) is 1. The lowest BCUT2D eigenvalue weighted by Gasteiger charge is -2.34. The summed E-state index contributed by atoms with van der Waals surface area (Å²) in [6.07, 6.45) is -0.585. The van der Waals surface area contributed by atoms with Crippen LogP contribution >= 0.6 is 0 Å². The Balaban J connectivity index is 1.43. The molecule has 3 aromatic rings. The summed E-state index contributed by atoms with van der Waals surface area (Å²) in [5.74, 6) is 0.474. The summed E-state index contributed by atoms with van der Waals surface area (Å²) in [6, 6.07) is 9.54. The van der Waals surface area contributed by atoms with Gasteiger partial charge in [-0.2, -0.15) is 0 Å². The van der Waals surface area contributed by atoms with Gasteiger partial charge >= 0.3 is 0 Å². The van der Waals surface area contributed by atoms with E-state index in [2.05, 4.69) is 9.88 Å². The van der Waals surface area contributed by atoms with Gasteiger partial charge in [-0.3, -0.25) is 4.72 Å². The fourth-order valence-electron chi connectivity index (χ4n) is 4.62. The van der Waals surface area contributed by atoms with Crippen LogP contribution in [0, 0.1) is 0 Å². The molecule has 1 N–H and O–H groups in total. The molecule has 2 heterocycles. The quantitative estimate of drug-likeness (QED) is 0.579. The van der Waals surface area contributed by atoms with E-state index in [4.69, 9.17) is 22.2 Å². The Morgan fingerprint density at radius 1 is 1.15 bits per heavy atom. The lowest BCUT2D eigenvalue weighted by molar-refractivity contribution is 0.373. The van der Waals surface area contributed by atoms with Crippen LogP contribution in [-0.2, 0) is 21.9 Å². The van der Waals surface area contributed by atoms with Crippen LogP contribution in [-0.4, -0.2) is 40.8 Å². The van der Waals surface area contributed by atoms with E-state index in [0.29, 0.717) is 23.3 Å². The van der Waals surface area contributed by atoms with Crippen LogP contribution < -0.4 is 19.1 Å². The highest BCUT2D eigenvalue weighted by Gasteiger charge is 2.50. The maximum absolute atomic E-state index is 13.5. The zero-order chi connectivity index (χ0) is 28.2. The van der Waals surface area contributed by atoms with E-state index in [9.17, 15) is 8.42 Å². The molecule has 6 rings (SSSR count). The van der Waals surface area contributed by atoms with E-state index in [0.717, 1.165) is 23.3 Å². The zero-order valence-corrected chi connectivity index (χ0v) is 18.7. The highest BCUT2D eigenvalue weighted by molar-refractivity contribution is 7.93. The third-order valence-corrected chi connectivity index (χ3v) is 7.85. The minimum atomic E-state index is -4.23. The van der Waals surface area contributed by atoms with Crippen molar-refractivity contribution in [3.8, 4) is 22.8 Å². The van der Waals surface area contributed by atoms with Crippen molar-refractivity contribution >= 4 is 21.5 Å². The third-order valence-electron chi connectivity index (χ3n) is 6.45. The average Bonchev–Trinajstić information content (AvgIpc) is 3.55. The van der Waals surface area contributed by atoms with Crippen molar-refractivity contribution in [3.63, 3.8) is 0 Å². The van der Waals surface area contributed by atoms with Crippen molar-refractivity contribution in [2.24, 2.45) is 0 Å². The van der Waals surface area contributed by atoms with Crippen LogP contribution in [0.1, 0.15) is 38.6 Å². The Morgan fingerprint density at radius 2 is 1.88 bits per heavy atom. The molecule has 2 aromatic carbocycles. The average molecular weight is 474 g/mol. The third kappa shape index (κ3) is 3.09. The van der Waals surface area contributed by atoms with Gasteiger partial charge in [-0.05, 0) is 55.5 Å². The van der Waals surface area contributed by atoms with Crippen molar-refractivity contribution in [3.05, 3.63) is 47.5 Å². The Morgan fingerprint density at radius 3 is 2.55 bits per heavy atom. The Bertz CT molecular complexity index is 1580. The van der Waals surface area contributed by atoms with Crippen molar-refractivity contribution in [2.75, 3.05) is 36.8 Å². The number of nitrogens with one attached hydrogen (secondary N) is 1. The van der Waals surface area contributed by atoms with Crippen LogP contribution in [0.3, 0.4) is 0 Å². The smallest absolute Gasteiger partial charge is 0.270 e. The normalized spacial score (nSPS) is 25.0. The number of ether oxygens (including phenoxy) is 2. The van der Waals surface area contributed by atoms with E-state index < -0.39 is 29.4 Å². The standard InChI is InChI=1S/C24H25N3O5S/c1-30-19-5-3-6-20(31-2)22(19)33(28,29)26-23-17-14-24(9-10-24)18-8-7-15(27-11-4-12-27)13-16(18)21(17)32-25-23/h3,5-8,13H,4,9-12,14H2,1-2H3,(H,25,26)/i4D2,11D2,12D2. The number of nitrogens with zero attached hydrogens (tertiary/aromatic N) is 2. The Kier molecular flexibility index (Phi) is 3.22. The number of aromatic nitrogens is 1. The highest BCUT2D eigenvalue weighted by Crippen LogP contribution is 2.59. The first-order chi connectivity index (χ1) is 18.2. The molecule has 2 aliphatic carbocycles. The molecule has 0 atom stereocenters. The minimum Gasteiger partial charge on any atom is -0.495 e. The van der Waals surface area contributed by atoms with Gasteiger partial charge < -0.3 is 18.9 Å². The van der Waals surface area contributed by atoms with Gasteiger partial charge in [0.25, 0.3) is 10.0 Å². The second-order valence-electron chi connectivity index (χ2n) is 8.31. The summed E-state index contributed by atoms with van der Waals surface area (Å²) in [6.45, 7) is -5.18. The van der Waals surface area contributed by atoms with Crippen LogP contribution in [0.4, 0.5) is 11.5 Å². The first-order valence-corrected chi connectivity index (χ1v) is 11.9. The fourth-order valence-corrected chi connectivity index (χ4v) is 5.97. The van der Waals surface area contributed by atoms with Gasteiger partial charge in [0, 0.05) is 43.4 Å². The van der Waals surface area contributed by atoms with E-state index in [1.54, 1.807) is 24.3 Å². The van der Waals surface area contributed by atoms with Crippen LogP contribution in [0.15, 0.2) is 45.8 Å². The molecule has 1 aromatic heterocycles. The predicted octanol–water partition coefficient (Wildman–Crippen LogP) is 3.96. The predicted molar refractivity (Wildman–Crippen MR) is 124 cm³/mol. The molecule has 1 aliphatic heterocycles. The van der Waals surface area contributed by atoms with Crippen LogP contribution in [0.5, 0.6) is 11.5 Å². The number of hydrogen-bond acceptors (Lipinski definition) is 7. The molecule has 0 bridgehead atoms. The van der Waals surface area contributed by atoms with Crippen LogP contribution in [0.2, 0.25) is 0 Å². The Hall–Kier alpha value is -3.20. The Labute approximate surface area is 201 Å². The summed E-state index contributed by atoms with van der Waals surface area (Å²) in [5, 5.41) is 4.03. The summed E-state index contributed by atoms with van der Waals surface area (Å²) in [7, 11) is -1.52. The maximum atomic E-state index is 13.5. The summed E-state index contributed by atoms with van der Waals surface area (Å²) < 4.78 is 94.2. The molecule has 0 unspecified atom stereocenters. The van der Waals surface area contributed by atoms with Crippen molar-refractivity contribution in [1.29, 1.82) is 0 Å². The van der Waals surface area contributed by atoms with Crippen molar-refractivity contribution < 1.29 is 30.6 Å². The number of rotatable bonds is 6. The molecular weight excluding hydrogens is 442 g/mol. The first-order valence-electron chi connectivity index (χ1n) is 13.4. The van der Waals surface area contributed by atoms with Gasteiger partial charge in [0.2, 0.25) is 0 Å². The number of sulfonamides is 1. The summed E-state index contributed by atoms with van der Waals surface area (Å²) in [5.41, 5.74) is 1.84. The van der Waals surface area contributed by atoms with Gasteiger partial charge in [0.15, 0.2) is 16.5 Å². The highest BCUT2D eigenvalue weighted by atomic mass is 32.2. The molecule has 8 nitrogen and oxygen atoms in total. The van der Waals surface area contributed by atoms with Gasteiger partial charge in [0.05, 0.1) is 14.2 Å². The number of benzene rings is 2. The summed E-state index contributed by atoms with van der Waals surface area (Å²) in [4.78, 5) is 0.588. The van der Waals surface area contributed by atoms with E-state index in [1.807, 2.05) is 0 Å². The van der Waals surface area contributed by atoms with Gasteiger partial charge in [0.1, 0.15) is 11.5 Å². The van der Waals surface area contributed by atoms with E-state index >= 15 is 0 Å². The molecule has 1 saturated carbocycles. The molecular formula is C24H25N3O5S. The van der Waals surface area contributed by atoms with E-state index in [-0.39, 0.29) is 33.3 Å². The fraction of sp³-hybridized carbons (Fsp3) is 0.375. The number of methoxy groups -OCH3 is 2.